The third kappa shape index (κ3) is 3.25. The van der Waals surface area contributed by atoms with Crippen molar-refractivity contribution in [3.05, 3.63) is 21.1 Å². The lowest BCUT2D eigenvalue weighted by molar-refractivity contribution is -0.383. The number of nitrogens with zero attached hydrogens (tertiary/aromatic N) is 2. The van der Waals surface area contributed by atoms with E-state index in [0.29, 0.717) is 15.8 Å². The van der Waals surface area contributed by atoms with Crippen molar-refractivity contribution in [1.82, 2.24) is 0 Å². The molecule has 1 saturated heterocycles. The summed E-state index contributed by atoms with van der Waals surface area (Å²) >= 11 is 1.35. The topological polar surface area (TPSA) is 66.6 Å². The van der Waals surface area contributed by atoms with E-state index in [1.165, 1.54) is 23.8 Å². The highest BCUT2D eigenvalue weighted by Crippen LogP contribution is 2.41. The van der Waals surface area contributed by atoms with Crippen LogP contribution < -0.4 is 4.90 Å². The molecule has 19 heavy (non-hydrogen) atoms. The molecule has 2 heterocycles. The summed E-state index contributed by atoms with van der Waals surface area (Å²) in [6.45, 7) is 5.60. The zero-order chi connectivity index (χ0) is 14.0. The van der Waals surface area contributed by atoms with Crippen LogP contribution in [0.5, 0.6) is 0 Å². The van der Waals surface area contributed by atoms with E-state index in [4.69, 9.17) is 0 Å². The molecule has 0 amide bonds. The fraction of sp³-hybridized carbons (Fsp3) is 0.692. The molecule has 1 aliphatic heterocycles. The van der Waals surface area contributed by atoms with Crippen molar-refractivity contribution in [3.63, 3.8) is 0 Å². The normalized spacial score (nSPS) is 22.1. The van der Waals surface area contributed by atoms with E-state index in [9.17, 15) is 15.2 Å². The summed E-state index contributed by atoms with van der Waals surface area (Å²) in [5, 5.41) is 21.5. The first-order valence-electron chi connectivity index (χ1n) is 6.70. The number of thiophene rings is 1. The van der Waals surface area contributed by atoms with Crippen LogP contribution in [0.15, 0.2) is 6.07 Å². The van der Waals surface area contributed by atoms with Crippen LogP contribution in [0.1, 0.15) is 44.1 Å². The molecule has 0 radical (unpaired) electrons. The molecule has 2 rings (SSSR count). The van der Waals surface area contributed by atoms with Crippen molar-refractivity contribution in [2.24, 2.45) is 5.92 Å². The minimum absolute atomic E-state index is 0.135. The number of rotatable bonds is 3. The molecule has 2 atom stereocenters. The maximum atomic E-state index is 11.2. The van der Waals surface area contributed by atoms with Gasteiger partial charge in [0.15, 0.2) is 5.00 Å². The van der Waals surface area contributed by atoms with Gasteiger partial charge in [-0.3, -0.25) is 10.1 Å². The first-order valence-corrected chi connectivity index (χ1v) is 7.51. The fourth-order valence-corrected chi connectivity index (χ4v) is 3.53. The quantitative estimate of drug-likeness (QED) is 0.683. The van der Waals surface area contributed by atoms with Crippen LogP contribution in [0, 0.1) is 16.0 Å². The Kier molecular flexibility index (Phi) is 4.42. The largest absolute Gasteiger partial charge is 0.388 e. The Morgan fingerprint density at radius 3 is 2.89 bits per heavy atom. The van der Waals surface area contributed by atoms with Gasteiger partial charge in [0.2, 0.25) is 0 Å². The second-order valence-electron chi connectivity index (χ2n) is 5.30. The number of aliphatic hydroxyl groups excluding tert-OH is 1. The van der Waals surface area contributed by atoms with Gasteiger partial charge in [0.25, 0.3) is 0 Å². The summed E-state index contributed by atoms with van der Waals surface area (Å²) in [6, 6.07) is 1.51. The molecule has 0 spiro atoms. The molecule has 0 aliphatic carbocycles. The van der Waals surface area contributed by atoms with Crippen LogP contribution in [0.2, 0.25) is 0 Å². The van der Waals surface area contributed by atoms with Gasteiger partial charge in [0.05, 0.1) is 11.0 Å². The van der Waals surface area contributed by atoms with Gasteiger partial charge >= 0.3 is 5.69 Å². The van der Waals surface area contributed by atoms with Gasteiger partial charge in [0, 0.05) is 24.0 Å². The third-order valence-electron chi connectivity index (χ3n) is 3.63. The molecule has 1 aliphatic rings. The number of nitro groups is 1. The van der Waals surface area contributed by atoms with Gasteiger partial charge in [0.1, 0.15) is 0 Å². The molecule has 0 aromatic carbocycles. The monoisotopic (exact) mass is 284 g/mol. The molecular formula is C13H20N2O3S. The lowest BCUT2D eigenvalue weighted by atomic mass is 10.0. The molecular weight excluding hydrogens is 264 g/mol. The van der Waals surface area contributed by atoms with E-state index in [2.05, 4.69) is 11.8 Å². The van der Waals surface area contributed by atoms with Crippen LogP contribution in [-0.2, 0) is 0 Å². The predicted octanol–water partition coefficient (Wildman–Crippen LogP) is 3.34. The van der Waals surface area contributed by atoms with Gasteiger partial charge in [-0.25, -0.2) is 0 Å². The molecule has 0 saturated carbocycles. The summed E-state index contributed by atoms with van der Waals surface area (Å²) in [5.41, 5.74) is 0.135. The van der Waals surface area contributed by atoms with Crippen LogP contribution in [0.4, 0.5) is 10.7 Å². The molecule has 106 valence electrons. The first-order chi connectivity index (χ1) is 8.99. The van der Waals surface area contributed by atoms with Crippen LogP contribution in [0.25, 0.3) is 0 Å². The Hall–Kier alpha value is -1.14. The first kappa shape index (κ1) is 14.3. The fourth-order valence-electron chi connectivity index (χ4n) is 2.42. The van der Waals surface area contributed by atoms with E-state index < -0.39 is 6.10 Å². The Labute approximate surface area is 117 Å². The average Bonchev–Trinajstić information content (AvgIpc) is 2.68. The number of aliphatic hydroxyl groups is 1. The lowest BCUT2D eigenvalue weighted by Crippen LogP contribution is -2.23. The van der Waals surface area contributed by atoms with Crippen molar-refractivity contribution in [2.45, 2.75) is 39.2 Å². The van der Waals surface area contributed by atoms with Crippen molar-refractivity contribution in [1.29, 1.82) is 0 Å². The molecule has 1 aromatic rings. The number of anilines is 1. The standard InChI is InChI=1S/C13H20N2O3S/c1-9-4-3-6-14(7-5-9)13-11(15(17)18)8-12(19-13)10(2)16/h8-10,16H,3-7H2,1-2H3/t9?,10-/m1/s1. The molecule has 0 bridgehead atoms. The molecule has 6 heteroatoms. The summed E-state index contributed by atoms with van der Waals surface area (Å²) < 4.78 is 0. The second-order valence-corrected chi connectivity index (χ2v) is 6.36. The zero-order valence-electron chi connectivity index (χ0n) is 11.3. The highest BCUT2D eigenvalue weighted by Gasteiger charge is 2.26. The SMILES string of the molecule is CC1CCCN(c2sc([C@@H](C)O)cc2[N+](=O)[O-])CC1. The average molecular weight is 284 g/mol. The maximum absolute atomic E-state index is 11.2. The summed E-state index contributed by atoms with van der Waals surface area (Å²) in [5.74, 6) is 0.681. The van der Waals surface area contributed by atoms with Crippen LogP contribution in [-0.4, -0.2) is 23.1 Å². The zero-order valence-corrected chi connectivity index (χ0v) is 12.2. The van der Waals surface area contributed by atoms with Gasteiger partial charge in [-0.15, -0.1) is 11.3 Å². The minimum Gasteiger partial charge on any atom is -0.388 e. The summed E-state index contributed by atoms with van der Waals surface area (Å²) in [4.78, 5) is 13.6. The summed E-state index contributed by atoms with van der Waals surface area (Å²) in [6.07, 6.45) is 2.67. The van der Waals surface area contributed by atoms with Gasteiger partial charge in [-0.1, -0.05) is 6.92 Å². The van der Waals surface area contributed by atoms with E-state index in [-0.39, 0.29) is 10.6 Å². The third-order valence-corrected chi connectivity index (χ3v) is 4.98. The van der Waals surface area contributed by atoms with Gasteiger partial charge in [-0.2, -0.15) is 0 Å². The van der Waals surface area contributed by atoms with Crippen LogP contribution >= 0.6 is 11.3 Å². The summed E-state index contributed by atoms with van der Waals surface area (Å²) in [7, 11) is 0. The Morgan fingerprint density at radius 1 is 1.53 bits per heavy atom. The molecule has 1 fully saturated rings. The van der Waals surface area contributed by atoms with Crippen molar-refractivity contribution < 1.29 is 10.0 Å². The highest BCUT2D eigenvalue weighted by atomic mass is 32.1. The van der Waals surface area contributed by atoms with Crippen molar-refractivity contribution in [2.75, 3.05) is 18.0 Å². The molecule has 5 nitrogen and oxygen atoms in total. The van der Waals surface area contributed by atoms with Crippen molar-refractivity contribution in [3.8, 4) is 0 Å². The maximum Gasteiger partial charge on any atom is 0.304 e. The van der Waals surface area contributed by atoms with E-state index in [0.717, 1.165) is 25.9 Å². The van der Waals surface area contributed by atoms with Gasteiger partial charge in [-0.05, 0) is 32.1 Å². The van der Waals surface area contributed by atoms with Crippen LogP contribution in [0.3, 0.4) is 0 Å². The lowest BCUT2D eigenvalue weighted by Gasteiger charge is -2.20. The molecule has 1 N–H and O–H groups in total. The number of hydrogen-bond acceptors (Lipinski definition) is 5. The van der Waals surface area contributed by atoms with E-state index in [1.54, 1.807) is 6.92 Å². The smallest absolute Gasteiger partial charge is 0.304 e. The number of hydrogen-bond donors (Lipinski definition) is 1. The van der Waals surface area contributed by atoms with E-state index >= 15 is 0 Å². The Morgan fingerprint density at radius 2 is 2.26 bits per heavy atom. The van der Waals surface area contributed by atoms with Crippen molar-refractivity contribution >= 4 is 22.0 Å². The Balaban J connectivity index is 2.29. The highest BCUT2D eigenvalue weighted by molar-refractivity contribution is 7.16. The van der Waals surface area contributed by atoms with Gasteiger partial charge < -0.3 is 10.0 Å². The predicted molar refractivity (Wildman–Crippen MR) is 76.8 cm³/mol. The second kappa shape index (κ2) is 5.88. The van der Waals surface area contributed by atoms with E-state index in [1.807, 2.05) is 0 Å². The molecule has 1 unspecified atom stereocenters. The Bertz CT molecular complexity index is 459. The minimum atomic E-state index is -0.650. The molecule has 1 aromatic heterocycles.